The minimum Gasteiger partial charge on any atom is -0.335 e. The summed E-state index contributed by atoms with van der Waals surface area (Å²) in [6, 6.07) is 4.74. The smallest absolute Gasteiger partial charge is 0.315 e. The fourth-order valence-electron chi connectivity index (χ4n) is 3.15. The highest BCUT2D eigenvalue weighted by Gasteiger charge is 2.41. The van der Waals surface area contributed by atoms with Crippen molar-refractivity contribution in [3.63, 3.8) is 0 Å². The van der Waals surface area contributed by atoms with Crippen LogP contribution in [0, 0.1) is 0 Å². The van der Waals surface area contributed by atoms with Crippen molar-refractivity contribution in [3.05, 3.63) is 33.8 Å². The molecule has 1 aliphatic heterocycles. The second-order valence-corrected chi connectivity index (χ2v) is 9.95. The van der Waals surface area contributed by atoms with Gasteiger partial charge in [-0.15, -0.1) is 0 Å². The van der Waals surface area contributed by atoms with Crippen molar-refractivity contribution in [2.75, 3.05) is 5.75 Å². The Bertz CT molecular complexity index is 754. The molecule has 1 saturated carbocycles. The number of halogens is 2. The van der Waals surface area contributed by atoms with Gasteiger partial charge in [0.1, 0.15) is 0 Å². The summed E-state index contributed by atoms with van der Waals surface area (Å²) in [4.78, 5) is 12.1. The highest BCUT2D eigenvalue weighted by molar-refractivity contribution is 7.92. The molecule has 2 amide bonds. The van der Waals surface area contributed by atoms with Gasteiger partial charge in [-0.25, -0.2) is 13.2 Å². The molecule has 5 nitrogen and oxygen atoms in total. The molecule has 1 saturated heterocycles. The van der Waals surface area contributed by atoms with Gasteiger partial charge in [0.25, 0.3) is 0 Å². The highest BCUT2D eigenvalue weighted by Crippen LogP contribution is 2.44. The van der Waals surface area contributed by atoms with Gasteiger partial charge < -0.3 is 10.6 Å². The summed E-state index contributed by atoms with van der Waals surface area (Å²) < 4.78 is 23.8. The Hall–Kier alpha value is -0.980. The lowest BCUT2D eigenvalue weighted by Crippen LogP contribution is -2.49. The van der Waals surface area contributed by atoms with Gasteiger partial charge >= 0.3 is 6.03 Å². The number of hydrogen-bond acceptors (Lipinski definition) is 3. The molecule has 4 atom stereocenters. The Morgan fingerprint density at radius 1 is 1.21 bits per heavy atom. The van der Waals surface area contributed by atoms with E-state index >= 15 is 0 Å². The maximum atomic E-state index is 12.1. The average molecular weight is 391 g/mol. The van der Waals surface area contributed by atoms with E-state index in [0.29, 0.717) is 22.9 Å². The van der Waals surface area contributed by atoms with Crippen LogP contribution in [0.1, 0.15) is 37.7 Å². The first-order chi connectivity index (χ1) is 11.3. The summed E-state index contributed by atoms with van der Waals surface area (Å²) in [6.45, 7) is 1.72. The number of amides is 2. The molecule has 2 fully saturated rings. The highest BCUT2D eigenvalue weighted by atomic mass is 35.5. The number of carbonyl (C=O) groups is 1. The standard InChI is InChI=1S/C16H20Cl2N2O3S/c1-9-2-4-11(8-24(9,22)23)19-16(21)20-15-7-13(15)12-5-3-10(17)6-14(12)18/h3,5-6,9,11,13,15H,2,4,7-8H2,1H3,(H2,19,20,21)/t9?,11?,13-,15+/m0/s1. The van der Waals surface area contributed by atoms with E-state index in [4.69, 9.17) is 23.2 Å². The Balaban J connectivity index is 1.52. The van der Waals surface area contributed by atoms with E-state index in [1.54, 1.807) is 19.1 Å². The van der Waals surface area contributed by atoms with Crippen molar-refractivity contribution in [3.8, 4) is 0 Å². The normalized spacial score (nSPS) is 31.3. The lowest BCUT2D eigenvalue weighted by atomic mass is 10.1. The SMILES string of the molecule is CC1CCC(NC(=O)N[C@@H]2C[C@H]2c2ccc(Cl)cc2Cl)CS1(=O)=O. The molecular weight excluding hydrogens is 371 g/mol. The maximum Gasteiger partial charge on any atom is 0.315 e. The summed E-state index contributed by atoms with van der Waals surface area (Å²) in [5.74, 6) is 0.189. The number of nitrogens with one attached hydrogen (secondary N) is 2. The third kappa shape index (κ3) is 3.98. The largest absolute Gasteiger partial charge is 0.335 e. The van der Waals surface area contributed by atoms with Gasteiger partial charge in [0.05, 0.1) is 11.0 Å². The first-order valence-corrected chi connectivity index (χ1v) is 10.5. The Morgan fingerprint density at radius 3 is 2.62 bits per heavy atom. The van der Waals surface area contributed by atoms with Crippen molar-refractivity contribution in [1.82, 2.24) is 10.6 Å². The van der Waals surface area contributed by atoms with E-state index in [-0.39, 0.29) is 35.0 Å². The van der Waals surface area contributed by atoms with Crippen LogP contribution in [0.5, 0.6) is 0 Å². The molecule has 0 radical (unpaired) electrons. The average Bonchev–Trinajstić information content (AvgIpc) is 3.21. The summed E-state index contributed by atoms with van der Waals surface area (Å²) >= 11 is 12.1. The van der Waals surface area contributed by atoms with Crippen LogP contribution in [0.3, 0.4) is 0 Å². The molecule has 24 heavy (non-hydrogen) atoms. The number of benzene rings is 1. The number of carbonyl (C=O) groups excluding carboxylic acids is 1. The predicted molar refractivity (Wildman–Crippen MR) is 95.5 cm³/mol. The molecule has 2 unspecified atom stereocenters. The summed E-state index contributed by atoms with van der Waals surface area (Å²) in [6.07, 6.45) is 2.08. The van der Waals surface area contributed by atoms with Crippen molar-refractivity contribution in [2.45, 2.75) is 49.4 Å². The van der Waals surface area contributed by atoms with Crippen LogP contribution in [0.15, 0.2) is 18.2 Å². The minimum absolute atomic E-state index is 0.0126. The van der Waals surface area contributed by atoms with Gasteiger partial charge in [-0.2, -0.15) is 0 Å². The van der Waals surface area contributed by atoms with Gasteiger partial charge in [0, 0.05) is 28.0 Å². The third-order valence-electron chi connectivity index (χ3n) is 4.77. The molecule has 8 heteroatoms. The molecule has 0 spiro atoms. The topological polar surface area (TPSA) is 75.3 Å². The fraction of sp³-hybridized carbons (Fsp3) is 0.562. The van der Waals surface area contributed by atoms with E-state index < -0.39 is 9.84 Å². The molecular formula is C16H20Cl2N2O3S. The second-order valence-electron chi connectivity index (χ2n) is 6.65. The van der Waals surface area contributed by atoms with Crippen LogP contribution >= 0.6 is 23.2 Å². The molecule has 1 aromatic rings. The molecule has 2 N–H and O–H groups in total. The molecule has 0 bridgehead atoms. The van der Waals surface area contributed by atoms with Gasteiger partial charge in [-0.3, -0.25) is 0 Å². The van der Waals surface area contributed by atoms with Gasteiger partial charge in [0.2, 0.25) is 0 Å². The summed E-state index contributed by atoms with van der Waals surface area (Å²) in [5.41, 5.74) is 0.973. The van der Waals surface area contributed by atoms with Gasteiger partial charge in [-0.05, 0) is 43.9 Å². The summed E-state index contributed by atoms with van der Waals surface area (Å²) in [7, 11) is -3.10. The van der Waals surface area contributed by atoms with Crippen molar-refractivity contribution in [1.29, 1.82) is 0 Å². The maximum absolute atomic E-state index is 12.1. The van der Waals surface area contributed by atoms with Crippen LogP contribution in [0.2, 0.25) is 10.0 Å². The molecule has 1 aliphatic carbocycles. The molecule has 1 heterocycles. The zero-order valence-corrected chi connectivity index (χ0v) is 15.6. The lowest BCUT2D eigenvalue weighted by Gasteiger charge is -2.27. The number of rotatable bonds is 3. The van der Waals surface area contributed by atoms with Crippen LogP contribution in [-0.2, 0) is 9.84 Å². The lowest BCUT2D eigenvalue weighted by molar-refractivity contribution is 0.236. The first kappa shape index (κ1) is 17.8. The van der Waals surface area contributed by atoms with Crippen LogP contribution in [0.25, 0.3) is 0 Å². The zero-order chi connectivity index (χ0) is 17.5. The number of urea groups is 1. The van der Waals surface area contributed by atoms with Crippen LogP contribution in [-0.4, -0.2) is 37.5 Å². The van der Waals surface area contributed by atoms with Crippen LogP contribution in [0.4, 0.5) is 4.79 Å². The van der Waals surface area contributed by atoms with E-state index in [9.17, 15) is 13.2 Å². The number of sulfone groups is 1. The van der Waals surface area contributed by atoms with Crippen molar-refractivity contribution >= 4 is 39.1 Å². The van der Waals surface area contributed by atoms with E-state index in [1.807, 2.05) is 6.07 Å². The van der Waals surface area contributed by atoms with Gasteiger partial charge in [0.15, 0.2) is 9.84 Å². The predicted octanol–water partition coefficient (Wildman–Crippen LogP) is 3.11. The zero-order valence-electron chi connectivity index (χ0n) is 13.3. The minimum atomic E-state index is -3.10. The van der Waals surface area contributed by atoms with Crippen LogP contribution < -0.4 is 10.6 Å². The molecule has 0 aromatic heterocycles. The van der Waals surface area contributed by atoms with E-state index in [1.165, 1.54) is 0 Å². The van der Waals surface area contributed by atoms with Crippen molar-refractivity contribution < 1.29 is 13.2 Å². The Labute approximate surface area is 152 Å². The molecule has 132 valence electrons. The molecule has 2 aliphatic rings. The Morgan fingerprint density at radius 2 is 1.96 bits per heavy atom. The van der Waals surface area contributed by atoms with E-state index in [0.717, 1.165) is 12.0 Å². The monoisotopic (exact) mass is 390 g/mol. The third-order valence-corrected chi connectivity index (χ3v) is 7.66. The first-order valence-electron chi connectivity index (χ1n) is 8.00. The van der Waals surface area contributed by atoms with Gasteiger partial charge in [-0.1, -0.05) is 29.3 Å². The fourth-order valence-corrected chi connectivity index (χ4v) is 5.34. The second kappa shape index (κ2) is 6.73. The number of hydrogen-bond donors (Lipinski definition) is 2. The summed E-state index contributed by atoms with van der Waals surface area (Å²) in [5, 5.41) is 6.54. The Kier molecular flexibility index (Phi) is 5.00. The van der Waals surface area contributed by atoms with Crippen molar-refractivity contribution in [2.24, 2.45) is 0 Å². The molecule has 1 aromatic carbocycles. The quantitative estimate of drug-likeness (QED) is 0.832. The van der Waals surface area contributed by atoms with E-state index in [2.05, 4.69) is 10.6 Å². The molecule has 3 rings (SSSR count).